The topological polar surface area (TPSA) is 68.8 Å². The maximum Gasteiger partial charge on any atom is 0.213 e. The van der Waals surface area contributed by atoms with Crippen LogP contribution < -0.4 is 5.32 Å². The van der Waals surface area contributed by atoms with Crippen molar-refractivity contribution in [3.8, 4) is 0 Å². The van der Waals surface area contributed by atoms with Gasteiger partial charge in [-0.05, 0) is 0 Å². The van der Waals surface area contributed by atoms with E-state index in [0.29, 0.717) is 18.9 Å². The molecule has 2 aromatic heterocycles. The Morgan fingerprint density at radius 1 is 1.43 bits per heavy atom. The van der Waals surface area contributed by atoms with E-state index in [2.05, 4.69) is 25.0 Å². The van der Waals surface area contributed by atoms with E-state index in [1.54, 1.807) is 6.20 Å². The Morgan fingerprint density at radius 3 is 3.00 bits per heavy atom. The predicted octanol–water partition coefficient (Wildman–Crippen LogP) is 0.0929. The molecule has 1 N–H and O–H groups in total. The Bertz CT molecular complexity index is 380. The SMILES string of the molecule is Cn1ccnc1CNCc1ncon1. The minimum absolute atomic E-state index is 0.587. The maximum absolute atomic E-state index is 4.60. The summed E-state index contributed by atoms with van der Waals surface area (Å²) in [5.41, 5.74) is 0. The van der Waals surface area contributed by atoms with Gasteiger partial charge in [0.05, 0.1) is 13.1 Å². The van der Waals surface area contributed by atoms with Crippen LogP contribution in [0.1, 0.15) is 11.6 Å². The Kier molecular flexibility index (Phi) is 2.55. The van der Waals surface area contributed by atoms with Gasteiger partial charge >= 0.3 is 0 Å². The number of rotatable bonds is 4. The lowest BCUT2D eigenvalue weighted by molar-refractivity contribution is 0.407. The Morgan fingerprint density at radius 2 is 2.36 bits per heavy atom. The van der Waals surface area contributed by atoms with E-state index in [0.717, 1.165) is 5.82 Å². The number of imidazole rings is 1. The summed E-state index contributed by atoms with van der Waals surface area (Å²) in [6.45, 7) is 1.28. The molecule has 2 aromatic rings. The molecule has 0 bridgehead atoms. The molecule has 0 aromatic carbocycles. The number of nitrogens with one attached hydrogen (secondary N) is 1. The van der Waals surface area contributed by atoms with E-state index < -0.39 is 0 Å². The highest BCUT2D eigenvalue weighted by Crippen LogP contribution is 1.94. The van der Waals surface area contributed by atoms with Crippen LogP contribution >= 0.6 is 0 Å². The molecule has 74 valence electrons. The first kappa shape index (κ1) is 8.89. The van der Waals surface area contributed by atoms with Gasteiger partial charge in [-0.15, -0.1) is 0 Å². The smallest absolute Gasteiger partial charge is 0.213 e. The van der Waals surface area contributed by atoms with Crippen molar-refractivity contribution in [2.75, 3.05) is 0 Å². The maximum atomic E-state index is 4.60. The zero-order valence-electron chi connectivity index (χ0n) is 7.84. The first-order valence-corrected chi connectivity index (χ1v) is 4.28. The van der Waals surface area contributed by atoms with Crippen LogP contribution in [0.15, 0.2) is 23.3 Å². The van der Waals surface area contributed by atoms with Crippen molar-refractivity contribution < 1.29 is 4.52 Å². The molecule has 2 rings (SSSR count). The van der Waals surface area contributed by atoms with Gasteiger partial charge in [-0.3, -0.25) is 0 Å². The molecule has 0 atom stereocenters. The monoisotopic (exact) mass is 193 g/mol. The lowest BCUT2D eigenvalue weighted by atomic mass is 10.5. The Labute approximate surface area is 81.0 Å². The molecule has 0 spiro atoms. The van der Waals surface area contributed by atoms with Gasteiger partial charge in [-0.25, -0.2) is 4.98 Å². The first-order chi connectivity index (χ1) is 6.86. The zero-order valence-corrected chi connectivity index (χ0v) is 7.84. The third-order valence-electron chi connectivity index (χ3n) is 1.89. The van der Waals surface area contributed by atoms with Gasteiger partial charge in [0.25, 0.3) is 0 Å². The summed E-state index contributed by atoms with van der Waals surface area (Å²) in [6.07, 6.45) is 4.99. The predicted molar refractivity (Wildman–Crippen MR) is 48.0 cm³/mol. The molecule has 0 saturated heterocycles. The average Bonchev–Trinajstić information content (AvgIpc) is 2.78. The van der Waals surface area contributed by atoms with E-state index in [1.807, 2.05) is 17.8 Å². The van der Waals surface area contributed by atoms with Crippen LogP contribution in [0.3, 0.4) is 0 Å². The van der Waals surface area contributed by atoms with E-state index in [9.17, 15) is 0 Å². The van der Waals surface area contributed by atoms with Crippen LogP contribution in [-0.2, 0) is 20.1 Å². The van der Waals surface area contributed by atoms with Crippen molar-refractivity contribution in [2.24, 2.45) is 7.05 Å². The lowest BCUT2D eigenvalue weighted by Crippen LogP contribution is -2.16. The standard InChI is InChI=1S/C8H11N5O/c1-13-3-2-10-8(13)5-9-4-7-11-6-14-12-7/h2-3,6,9H,4-5H2,1H3. The summed E-state index contributed by atoms with van der Waals surface area (Å²) in [5, 5.41) is 6.84. The highest BCUT2D eigenvalue weighted by atomic mass is 16.5. The number of nitrogens with zero attached hydrogens (tertiary/aromatic N) is 4. The van der Waals surface area contributed by atoms with Crippen molar-refractivity contribution >= 4 is 0 Å². The highest BCUT2D eigenvalue weighted by Gasteiger charge is 2.00. The second-order valence-corrected chi connectivity index (χ2v) is 2.91. The van der Waals surface area contributed by atoms with E-state index in [-0.39, 0.29) is 0 Å². The third kappa shape index (κ3) is 1.97. The molecule has 0 aliphatic carbocycles. The Balaban J connectivity index is 1.81. The van der Waals surface area contributed by atoms with Crippen molar-refractivity contribution in [3.63, 3.8) is 0 Å². The molecule has 0 aliphatic heterocycles. The summed E-state index contributed by atoms with van der Waals surface area (Å²) in [4.78, 5) is 8.06. The lowest BCUT2D eigenvalue weighted by Gasteiger charge is -2.01. The summed E-state index contributed by atoms with van der Waals surface area (Å²) in [7, 11) is 1.96. The average molecular weight is 193 g/mol. The second-order valence-electron chi connectivity index (χ2n) is 2.91. The van der Waals surface area contributed by atoms with Gasteiger partial charge in [0.2, 0.25) is 6.39 Å². The minimum atomic E-state index is 0.587. The van der Waals surface area contributed by atoms with Gasteiger partial charge < -0.3 is 14.4 Å². The fourth-order valence-electron chi connectivity index (χ4n) is 1.12. The quantitative estimate of drug-likeness (QED) is 0.745. The third-order valence-corrected chi connectivity index (χ3v) is 1.89. The minimum Gasteiger partial charge on any atom is -0.343 e. The van der Waals surface area contributed by atoms with Crippen LogP contribution in [0.2, 0.25) is 0 Å². The molecule has 0 amide bonds. The fraction of sp³-hybridized carbons (Fsp3) is 0.375. The van der Waals surface area contributed by atoms with Crippen molar-refractivity contribution in [3.05, 3.63) is 30.4 Å². The Hall–Kier alpha value is -1.69. The van der Waals surface area contributed by atoms with E-state index in [4.69, 9.17) is 0 Å². The number of hydrogen-bond donors (Lipinski definition) is 1. The number of aromatic nitrogens is 4. The number of hydrogen-bond acceptors (Lipinski definition) is 5. The van der Waals surface area contributed by atoms with Crippen molar-refractivity contribution in [2.45, 2.75) is 13.1 Å². The molecule has 0 radical (unpaired) electrons. The first-order valence-electron chi connectivity index (χ1n) is 4.28. The van der Waals surface area contributed by atoms with Crippen LogP contribution in [-0.4, -0.2) is 19.7 Å². The summed E-state index contributed by atoms with van der Waals surface area (Å²) in [6, 6.07) is 0. The van der Waals surface area contributed by atoms with Gasteiger partial charge in [0.1, 0.15) is 5.82 Å². The number of aryl methyl sites for hydroxylation is 1. The molecule has 2 heterocycles. The molecule has 0 unspecified atom stereocenters. The van der Waals surface area contributed by atoms with E-state index >= 15 is 0 Å². The molecule has 0 saturated carbocycles. The molecule has 6 heteroatoms. The van der Waals surface area contributed by atoms with Gasteiger partial charge in [-0.1, -0.05) is 5.16 Å². The van der Waals surface area contributed by atoms with Gasteiger partial charge in [0.15, 0.2) is 5.82 Å². The van der Waals surface area contributed by atoms with Crippen molar-refractivity contribution in [1.82, 2.24) is 25.0 Å². The summed E-state index contributed by atoms with van der Waals surface area (Å²) in [5.74, 6) is 1.63. The molecular weight excluding hydrogens is 182 g/mol. The highest BCUT2D eigenvalue weighted by molar-refractivity contribution is 4.90. The normalized spacial score (nSPS) is 10.6. The fourth-order valence-corrected chi connectivity index (χ4v) is 1.12. The molecule has 6 nitrogen and oxygen atoms in total. The van der Waals surface area contributed by atoms with Crippen LogP contribution in [0, 0.1) is 0 Å². The van der Waals surface area contributed by atoms with E-state index in [1.165, 1.54) is 6.39 Å². The largest absolute Gasteiger partial charge is 0.343 e. The summed E-state index contributed by atoms with van der Waals surface area (Å²) >= 11 is 0. The van der Waals surface area contributed by atoms with Crippen LogP contribution in [0.5, 0.6) is 0 Å². The molecule has 0 fully saturated rings. The summed E-state index contributed by atoms with van der Waals surface area (Å²) < 4.78 is 6.57. The molecule has 0 aliphatic rings. The van der Waals surface area contributed by atoms with Gasteiger partial charge in [0, 0.05) is 19.4 Å². The van der Waals surface area contributed by atoms with Crippen LogP contribution in [0.4, 0.5) is 0 Å². The zero-order chi connectivity index (χ0) is 9.80. The van der Waals surface area contributed by atoms with Gasteiger partial charge in [-0.2, -0.15) is 4.98 Å². The van der Waals surface area contributed by atoms with Crippen LogP contribution in [0.25, 0.3) is 0 Å². The molecule has 14 heavy (non-hydrogen) atoms. The van der Waals surface area contributed by atoms with Crippen molar-refractivity contribution in [1.29, 1.82) is 0 Å². The second kappa shape index (κ2) is 4.01. The molecular formula is C8H11N5O.